The second-order valence-electron chi connectivity index (χ2n) is 5.51. The van der Waals surface area contributed by atoms with E-state index in [4.69, 9.17) is 4.74 Å². The van der Waals surface area contributed by atoms with Crippen LogP contribution in [-0.2, 0) is 26.6 Å². The van der Waals surface area contributed by atoms with Crippen LogP contribution in [0.1, 0.15) is 17.4 Å². The quantitative estimate of drug-likeness (QED) is 0.712. The number of carbonyl (C=O) groups excluding carboxylic acids is 2. The molecule has 0 spiro atoms. The number of nitrogens with zero attached hydrogens (tertiary/aromatic N) is 1. The van der Waals surface area contributed by atoms with E-state index in [-0.39, 0.29) is 10.6 Å². The van der Waals surface area contributed by atoms with Gasteiger partial charge in [-0.05, 0) is 32.2 Å². The van der Waals surface area contributed by atoms with Gasteiger partial charge in [-0.1, -0.05) is 6.07 Å². The lowest BCUT2D eigenvalue weighted by Crippen LogP contribution is -2.31. The molecule has 1 heterocycles. The summed E-state index contributed by atoms with van der Waals surface area (Å²) in [5.41, 5.74) is -0.785. The second-order valence-corrected chi connectivity index (χ2v) is 7.40. The van der Waals surface area contributed by atoms with Gasteiger partial charge in [0.15, 0.2) is 6.10 Å². The van der Waals surface area contributed by atoms with Crippen LogP contribution in [0.5, 0.6) is 0 Å². The largest absolute Gasteiger partial charge is 0.448 e. The molecular formula is C16H17F2N3O5S. The summed E-state index contributed by atoms with van der Waals surface area (Å²) in [6.45, 7) is 1.21. The first kappa shape index (κ1) is 20.5. The van der Waals surface area contributed by atoms with Crippen LogP contribution in [0.15, 0.2) is 35.4 Å². The number of anilines is 1. The molecule has 0 saturated heterocycles. The van der Waals surface area contributed by atoms with Gasteiger partial charge in [0, 0.05) is 13.2 Å². The third-order valence-electron chi connectivity index (χ3n) is 3.63. The molecule has 1 atom stereocenters. The Kier molecular flexibility index (Phi) is 5.96. The van der Waals surface area contributed by atoms with E-state index in [2.05, 4.69) is 4.72 Å². The highest BCUT2D eigenvalue weighted by Crippen LogP contribution is 2.19. The number of rotatable bonds is 6. The highest BCUT2D eigenvalue weighted by Gasteiger charge is 2.25. The molecule has 0 bridgehead atoms. The number of halogens is 2. The number of sulfonamides is 1. The number of benzene rings is 1. The molecule has 0 fully saturated rings. The van der Waals surface area contributed by atoms with Gasteiger partial charge in [-0.15, -0.1) is 0 Å². The topological polar surface area (TPSA) is 106 Å². The number of carbonyl (C=O) groups is 2. The molecule has 2 rings (SSSR count). The van der Waals surface area contributed by atoms with Crippen molar-refractivity contribution in [1.82, 2.24) is 9.29 Å². The number of aromatic nitrogens is 1. The molecule has 11 heteroatoms. The van der Waals surface area contributed by atoms with Crippen LogP contribution in [0.2, 0.25) is 0 Å². The van der Waals surface area contributed by atoms with E-state index in [0.29, 0.717) is 0 Å². The summed E-state index contributed by atoms with van der Waals surface area (Å²) in [5.74, 6) is -3.89. The fraction of sp³-hybridized carbons (Fsp3) is 0.250. The average Bonchev–Trinajstić information content (AvgIpc) is 3.00. The third-order valence-corrected chi connectivity index (χ3v) is 5.01. The van der Waals surface area contributed by atoms with E-state index in [1.807, 2.05) is 5.32 Å². The van der Waals surface area contributed by atoms with Crippen molar-refractivity contribution in [2.75, 3.05) is 12.4 Å². The molecule has 1 aromatic heterocycles. The van der Waals surface area contributed by atoms with Crippen molar-refractivity contribution < 1.29 is 31.5 Å². The molecule has 0 aliphatic rings. The van der Waals surface area contributed by atoms with Crippen molar-refractivity contribution in [2.45, 2.75) is 17.9 Å². The molecule has 27 heavy (non-hydrogen) atoms. The van der Waals surface area contributed by atoms with E-state index in [0.717, 1.165) is 24.3 Å². The van der Waals surface area contributed by atoms with Crippen LogP contribution in [0, 0.1) is 11.6 Å². The van der Waals surface area contributed by atoms with Gasteiger partial charge in [0.2, 0.25) is 10.0 Å². The van der Waals surface area contributed by atoms with E-state index in [1.54, 1.807) is 0 Å². The maximum absolute atomic E-state index is 13.6. The van der Waals surface area contributed by atoms with Gasteiger partial charge >= 0.3 is 5.97 Å². The first-order valence-corrected chi connectivity index (χ1v) is 9.11. The van der Waals surface area contributed by atoms with E-state index in [9.17, 15) is 26.8 Å². The molecule has 1 aromatic carbocycles. The zero-order valence-corrected chi connectivity index (χ0v) is 15.4. The van der Waals surface area contributed by atoms with Crippen molar-refractivity contribution in [3.05, 3.63) is 47.8 Å². The van der Waals surface area contributed by atoms with E-state index >= 15 is 0 Å². The monoisotopic (exact) mass is 401 g/mol. The summed E-state index contributed by atoms with van der Waals surface area (Å²) in [6, 6.07) is 4.14. The van der Waals surface area contributed by atoms with Crippen LogP contribution < -0.4 is 10.0 Å². The first-order chi connectivity index (χ1) is 12.6. The second kappa shape index (κ2) is 7.84. The van der Waals surface area contributed by atoms with Gasteiger partial charge in [0.1, 0.15) is 27.9 Å². The number of nitrogens with one attached hydrogen (secondary N) is 2. The average molecular weight is 401 g/mol. The molecule has 2 N–H and O–H groups in total. The van der Waals surface area contributed by atoms with Crippen molar-refractivity contribution in [2.24, 2.45) is 7.05 Å². The number of ether oxygens (including phenoxy) is 1. The van der Waals surface area contributed by atoms with Crippen molar-refractivity contribution in [3.63, 3.8) is 0 Å². The molecule has 8 nitrogen and oxygen atoms in total. The van der Waals surface area contributed by atoms with Crippen LogP contribution in [0.25, 0.3) is 0 Å². The van der Waals surface area contributed by atoms with Gasteiger partial charge < -0.3 is 14.6 Å². The molecule has 2 aromatic rings. The Morgan fingerprint density at radius 3 is 2.37 bits per heavy atom. The van der Waals surface area contributed by atoms with E-state index in [1.165, 1.54) is 31.8 Å². The molecule has 0 saturated carbocycles. The number of amides is 1. The maximum Gasteiger partial charge on any atom is 0.355 e. The fourth-order valence-corrected chi connectivity index (χ4v) is 2.92. The minimum Gasteiger partial charge on any atom is -0.448 e. The number of aryl methyl sites for hydroxylation is 1. The SMILES string of the molecule is CNS(=O)(=O)c1cc(C(=O)OC(C)C(=O)Nc2c(F)cccc2F)n(C)c1. The Morgan fingerprint density at radius 2 is 1.81 bits per heavy atom. The lowest BCUT2D eigenvalue weighted by molar-refractivity contribution is -0.123. The molecule has 1 unspecified atom stereocenters. The predicted molar refractivity (Wildman–Crippen MR) is 91.5 cm³/mol. The minimum atomic E-state index is -3.77. The molecule has 0 aliphatic heterocycles. The summed E-state index contributed by atoms with van der Waals surface area (Å²) < 4.78 is 59.0. The Labute approximate surface area is 154 Å². The van der Waals surface area contributed by atoms with Gasteiger partial charge in [0.05, 0.1) is 0 Å². The zero-order valence-electron chi connectivity index (χ0n) is 14.6. The van der Waals surface area contributed by atoms with Gasteiger partial charge in [-0.25, -0.2) is 26.7 Å². The van der Waals surface area contributed by atoms with Gasteiger partial charge in [0.25, 0.3) is 5.91 Å². The zero-order chi connectivity index (χ0) is 20.4. The van der Waals surface area contributed by atoms with Crippen molar-refractivity contribution >= 4 is 27.6 Å². The lowest BCUT2D eigenvalue weighted by Gasteiger charge is -2.14. The van der Waals surface area contributed by atoms with Crippen molar-refractivity contribution in [3.8, 4) is 0 Å². The Balaban J connectivity index is 2.13. The summed E-state index contributed by atoms with van der Waals surface area (Å²) in [7, 11) is -1.13. The minimum absolute atomic E-state index is 0.124. The number of hydrogen-bond acceptors (Lipinski definition) is 5. The number of esters is 1. The summed E-state index contributed by atoms with van der Waals surface area (Å²) in [6.07, 6.45) is -0.196. The first-order valence-electron chi connectivity index (χ1n) is 7.62. The van der Waals surface area contributed by atoms with Crippen LogP contribution in [-0.4, -0.2) is 38.0 Å². The maximum atomic E-state index is 13.6. The molecule has 0 aliphatic carbocycles. The fourth-order valence-electron chi connectivity index (χ4n) is 2.12. The van der Waals surface area contributed by atoms with Gasteiger partial charge in [-0.2, -0.15) is 0 Å². The summed E-state index contributed by atoms with van der Waals surface area (Å²) >= 11 is 0. The molecule has 0 radical (unpaired) electrons. The third kappa shape index (κ3) is 4.49. The number of para-hydroxylation sites is 1. The molecular weight excluding hydrogens is 384 g/mol. The molecule has 146 valence electrons. The Bertz CT molecular complexity index is 968. The normalized spacial score (nSPS) is 12.5. The highest BCUT2D eigenvalue weighted by atomic mass is 32.2. The van der Waals surface area contributed by atoms with Crippen LogP contribution >= 0.6 is 0 Å². The summed E-state index contributed by atoms with van der Waals surface area (Å²) in [4.78, 5) is 24.1. The molecule has 1 amide bonds. The van der Waals surface area contributed by atoms with Crippen LogP contribution in [0.4, 0.5) is 14.5 Å². The smallest absolute Gasteiger partial charge is 0.355 e. The standard InChI is InChI=1S/C16H17F2N3O5S/c1-9(15(22)20-14-11(17)5-4-6-12(14)18)26-16(23)13-7-10(8-21(13)3)27(24,25)19-2/h4-9,19H,1-3H3,(H,20,22). The van der Waals surface area contributed by atoms with Gasteiger partial charge in [-0.3, -0.25) is 4.79 Å². The van der Waals surface area contributed by atoms with Crippen LogP contribution in [0.3, 0.4) is 0 Å². The Morgan fingerprint density at radius 1 is 1.22 bits per heavy atom. The van der Waals surface area contributed by atoms with Crippen molar-refractivity contribution in [1.29, 1.82) is 0 Å². The summed E-state index contributed by atoms with van der Waals surface area (Å²) in [5, 5.41) is 2.01. The number of hydrogen-bond donors (Lipinski definition) is 2. The van der Waals surface area contributed by atoms with E-state index < -0.39 is 45.3 Å². The highest BCUT2D eigenvalue weighted by molar-refractivity contribution is 7.89. The Hall–Kier alpha value is -2.79. The lowest BCUT2D eigenvalue weighted by atomic mass is 10.2. The predicted octanol–water partition coefficient (Wildman–Crippen LogP) is 1.40.